The van der Waals surface area contributed by atoms with Crippen LogP contribution in [0, 0.1) is 24.7 Å². The van der Waals surface area contributed by atoms with Crippen molar-refractivity contribution in [1.29, 1.82) is 0 Å². The van der Waals surface area contributed by atoms with E-state index in [1.54, 1.807) is 0 Å². The molecular formula is C22H28O2. The zero-order valence-corrected chi connectivity index (χ0v) is 14.5. The van der Waals surface area contributed by atoms with E-state index in [-0.39, 0.29) is 0 Å². The molecule has 2 nitrogen and oxygen atoms in total. The molecule has 0 heterocycles. The summed E-state index contributed by atoms with van der Waals surface area (Å²) in [5, 5.41) is 0. The Bertz CT molecular complexity index is 544. The van der Waals surface area contributed by atoms with Crippen molar-refractivity contribution >= 4 is 5.97 Å². The van der Waals surface area contributed by atoms with Gasteiger partial charge in [-0.05, 0) is 99.7 Å². The highest BCUT2D eigenvalue weighted by atomic mass is 16.5. The number of esters is 1. The first-order valence-electron chi connectivity index (χ1n) is 9.35. The lowest BCUT2D eigenvalue weighted by molar-refractivity contribution is -0.128. The van der Waals surface area contributed by atoms with Crippen LogP contribution in [0.4, 0.5) is 0 Å². The van der Waals surface area contributed by atoms with Crippen LogP contribution in [0.25, 0.3) is 0 Å². The van der Waals surface area contributed by atoms with Crippen molar-refractivity contribution in [3.05, 3.63) is 49.4 Å². The van der Waals surface area contributed by atoms with E-state index in [1.165, 1.54) is 63.0 Å². The Morgan fingerprint density at radius 1 is 0.958 bits per heavy atom. The molecule has 0 saturated heterocycles. The van der Waals surface area contributed by atoms with E-state index < -0.39 is 5.97 Å². The molecule has 0 N–H and O–H groups in total. The Kier molecular flexibility index (Phi) is 5.76. The van der Waals surface area contributed by atoms with E-state index in [0.29, 0.717) is 17.6 Å². The van der Waals surface area contributed by atoms with Crippen LogP contribution >= 0.6 is 0 Å². The van der Waals surface area contributed by atoms with Crippen molar-refractivity contribution in [3.8, 4) is 5.75 Å². The van der Waals surface area contributed by atoms with Gasteiger partial charge >= 0.3 is 5.97 Å². The quantitative estimate of drug-likeness (QED) is 0.411. The molecule has 0 aromatic heterocycles. The number of benzene rings is 1. The molecule has 3 rings (SSSR count). The summed E-state index contributed by atoms with van der Waals surface area (Å²) in [5.41, 5.74) is 1.37. The summed E-state index contributed by atoms with van der Waals surface area (Å²) in [6, 6.07) is 8.00. The zero-order chi connectivity index (χ0) is 16.9. The topological polar surface area (TPSA) is 26.3 Å². The van der Waals surface area contributed by atoms with Gasteiger partial charge in [0.25, 0.3) is 0 Å². The SMILES string of the molecule is [CH]C1CCC(C2CCC(c3ccc(OC(=O)C=C)cc3)CC2)CC1. The molecule has 2 heteroatoms. The van der Waals surface area contributed by atoms with E-state index >= 15 is 0 Å². The number of ether oxygens (including phenoxy) is 1. The Morgan fingerprint density at radius 2 is 1.50 bits per heavy atom. The average Bonchev–Trinajstić information content (AvgIpc) is 2.63. The summed E-state index contributed by atoms with van der Waals surface area (Å²) < 4.78 is 5.14. The van der Waals surface area contributed by atoms with E-state index in [9.17, 15) is 4.79 Å². The van der Waals surface area contributed by atoms with Crippen LogP contribution in [0.5, 0.6) is 5.75 Å². The molecule has 0 atom stereocenters. The molecule has 2 radical (unpaired) electrons. The molecule has 24 heavy (non-hydrogen) atoms. The van der Waals surface area contributed by atoms with Gasteiger partial charge in [-0.2, -0.15) is 0 Å². The first kappa shape index (κ1) is 17.3. The van der Waals surface area contributed by atoms with Gasteiger partial charge < -0.3 is 4.74 Å². The first-order valence-corrected chi connectivity index (χ1v) is 9.35. The van der Waals surface area contributed by atoms with Crippen LogP contribution in [0.2, 0.25) is 0 Å². The molecule has 1 aromatic rings. The Balaban J connectivity index is 1.51. The smallest absolute Gasteiger partial charge is 0.335 e. The molecule has 0 aliphatic heterocycles. The van der Waals surface area contributed by atoms with Gasteiger partial charge in [0.1, 0.15) is 5.75 Å². The fraction of sp³-hybridized carbons (Fsp3) is 0.545. The van der Waals surface area contributed by atoms with Crippen LogP contribution in [0.1, 0.15) is 62.8 Å². The number of rotatable bonds is 4. The molecule has 2 saturated carbocycles. The number of carbonyl (C=O) groups is 1. The van der Waals surface area contributed by atoms with Gasteiger partial charge in [0.05, 0.1) is 0 Å². The van der Waals surface area contributed by atoms with Crippen LogP contribution in [-0.2, 0) is 4.79 Å². The van der Waals surface area contributed by atoms with Crippen LogP contribution < -0.4 is 4.74 Å². The van der Waals surface area contributed by atoms with Crippen LogP contribution in [0.15, 0.2) is 36.9 Å². The fourth-order valence-corrected chi connectivity index (χ4v) is 4.51. The third-order valence-corrected chi connectivity index (χ3v) is 5.99. The second-order valence-electron chi connectivity index (χ2n) is 7.48. The Labute approximate surface area is 146 Å². The maximum absolute atomic E-state index is 11.2. The Hall–Kier alpha value is -1.57. The Morgan fingerprint density at radius 3 is 2.04 bits per heavy atom. The van der Waals surface area contributed by atoms with Crippen molar-refractivity contribution in [2.75, 3.05) is 0 Å². The van der Waals surface area contributed by atoms with Gasteiger partial charge in [-0.3, -0.25) is 0 Å². The summed E-state index contributed by atoms with van der Waals surface area (Å²) in [6.07, 6.45) is 11.5. The third-order valence-electron chi connectivity index (χ3n) is 5.99. The zero-order valence-electron chi connectivity index (χ0n) is 14.5. The van der Waals surface area contributed by atoms with Gasteiger partial charge in [-0.15, -0.1) is 0 Å². The van der Waals surface area contributed by atoms with E-state index in [2.05, 4.69) is 18.7 Å². The number of carbonyl (C=O) groups excluding carboxylic acids is 1. The van der Waals surface area contributed by atoms with Crippen molar-refractivity contribution in [3.63, 3.8) is 0 Å². The summed E-state index contributed by atoms with van der Waals surface area (Å²) in [5.74, 6) is 3.10. The molecule has 128 valence electrons. The minimum Gasteiger partial charge on any atom is -0.423 e. The molecule has 0 amide bonds. The van der Waals surface area contributed by atoms with E-state index in [0.717, 1.165) is 11.8 Å². The number of hydrogen-bond acceptors (Lipinski definition) is 2. The maximum atomic E-state index is 11.2. The largest absolute Gasteiger partial charge is 0.423 e. The molecule has 1 aromatic carbocycles. The van der Waals surface area contributed by atoms with Gasteiger partial charge in [0, 0.05) is 6.08 Å². The number of hydrogen-bond donors (Lipinski definition) is 0. The highest BCUT2D eigenvalue weighted by Crippen LogP contribution is 2.43. The maximum Gasteiger partial charge on any atom is 0.335 e. The molecule has 0 spiro atoms. The molecular weight excluding hydrogens is 296 g/mol. The molecule has 2 aliphatic carbocycles. The standard InChI is InChI=1S/C22H28O2/c1-3-22(23)24-21-14-12-20(13-15-21)19-10-8-18(9-11-19)17-6-4-16(2)5-7-17/h2-3,12-19H,1,4-11H2. The predicted molar refractivity (Wildman–Crippen MR) is 96.7 cm³/mol. The lowest BCUT2D eigenvalue weighted by atomic mass is 9.68. The van der Waals surface area contributed by atoms with Crippen LogP contribution in [0.3, 0.4) is 0 Å². The van der Waals surface area contributed by atoms with Crippen molar-refractivity contribution in [2.45, 2.75) is 57.3 Å². The van der Waals surface area contributed by atoms with Crippen molar-refractivity contribution < 1.29 is 9.53 Å². The minimum atomic E-state index is -0.407. The summed E-state index contributed by atoms with van der Waals surface area (Å²) in [4.78, 5) is 11.2. The minimum absolute atomic E-state index is 0.407. The second-order valence-corrected chi connectivity index (χ2v) is 7.48. The highest BCUT2D eigenvalue weighted by Gasteiger charge is 2.30. The molecule has 0 bridgehead atoms. The molecule has 2 fully saturated rings. The van der Waals surface area contributed by atoms with E-state index in [1.807, 2.05) is 12.1 Å². The van der Waals surface area contributed by atoms with Crippen LogP contribution in [-0.4, -0.2) is 5.97 Å². The van der Waals surface area contributed by atoms with E-state index in [4.69, 9.17) is 11.7 Å². The fourth-order valence-electron chi connectivity index (χ4n) is 4.51. The average molecular weight is 324 g/mol. The molecule has 2 aliphatic rings. The normalized spacial score (nSPS) is 30.5. The first-order chi connectivity index (χ1) is 11.7. The molecule has 0 unspecified atom stereocenters. The highest BCUT2D eigenvalue weighted by molar-refractivity contribution is 5.83. The van der Waals surface area contributed by atoms with Gasteiger partial charge in [-0.25, -0.2) is 4.79 Å². The third kappa shape index (κ3) is 4.28. The predicted octanol–water partition coefficient (Wildman–Crippen LogP) is 5.57. The van der Waals surface area contributed by atoms with Gasteiger partial charge in [0.15, 0.2) is 0 Å². The van der Waals surface area contributed by atoms with Gasteiger partial charge in [0.2, 0.25) is 0 Å². The second kappa shape index (κ2) is 8.00. The lowest BCUT2D eigenvalue weighted by Crippen LogP contribution is -2.24. The van der Waals surface area contributed by atoms with Crippen molar-refractivity contribution in [2.24, 2.45) is 17.8 Å². The summed E-state index contributed by atoms with van der Waals surface area (Å²) in [7, 11) is 0. The summed E-state index contributed by atoms with van der Waals surface area (Å²) >= 11 is 0. The lowest BCUT2D eigenvalue weighted by Gasteiger charge is -2.37. The monoisotopic (exact) mass is 324 g/mol. The van der Waals surface area contributed by atoms with Crippen molar-refractivity contribution in [1.82, 2.24) is 0 Å². The summed E-state index contributed by atoms with van der Waals surface area (Å²) in [6.45, 7) is 9.45. The van der Waals surface area contributed by atoms with Gasteiger partial charge in [-0.1, -0.05) is 18.7 Å².